The van der Waals surface area contributed by atoms with Crippen LogP contribution in [-0.4, -0.2) is 46.2 Å². The number of likely N-dealkylation sites (tertiary alicyclic amines) is 1. The molecule has 0 atom stereocenters. The Kier molecular flexibility index (Phi) is 4.80. The highest BCUT2D eigenvalue weighted by Crippen LogP contribution is 2.14. The Bertz CT molecular complexity index is 847. The molecule has 1 fully saturated rings. The van der Waals surface area contributed by atoms with Gasteiger partial charge in [0.1, 0.15) is 6.54 Å². The van der Waals surface area contributed by atoms with Gasteiger partial charge in [-0.15, -0.1) is 0 Å². The van der Waals surface area contributed by atoms with Crippen LogP contribution in [0, 0.1) is 0 Å². The molecule has 128 valence electrons. The Labute approximate surface area is 138 Å². The standard InChI is InChI=1S/C17H21N3O4/c1-2-24-12-7-9-19(10-8-12)15(21)11-20-14-6-4-3-5-13(14)16(22)18-17(20)23/h3-6,12H,2,7-11H2,1H3,(H,18,22,23). The second kappa shape index (κ2) is 7.00. The molecule has 7 heteroatoms. The van der Waals surface area contributed by atoms with Gasteiger partial charge in [-0.3, -0.25) is 19.1 Å². The molecule has 1 aromatic heterocycles. The average molecular weight is 331 g/mol. The summed E-state index contributed by atoms with van der Waals surface area (Å²) in [6.07, 6.45) is 1.82. The van der Waals surface area contributed by atoms with Crippen molar-refractivity contribution in [2.75, 3.05) is 19.7 Å². The zero-order valence-electron chi connectivity index (χ0n) is 13.7. The quantitative estimate of drug-likeness (QED) is 0.894. The minimum atomic E-state index is -0.559. The van der Waals surface area contributed by atoms with E-state index in [1.165, 1.54) is 4.57 Å². The smallest absolute Gasteiger partial charge is 0.329 e. The molecule has 1 N–H and O–H groups in total. The summed E-state index contributed by atoms with van der Waals surface area (Å²) < 4.78 is 6.91. The maximum absolute atomic E-state index is 12.5. The van der Waals surface area contributed by atoms with Gasteiger partial charge in [0.15, 0.2) is 0 Å². The van der Waals surface area contributed by atoms with Gasteiger partial charge in [-0.1, -0.05) is 12.1 Å². The molecule has 0 aliphatic carbocycles. The second-order valence-electron chi connectivity index (χ2n) is 5.90. The molecular weight excluding hydrogens is 310 g/mol. The summed E-state index contributed by atoms with van der Waals surface area (Å²) in [4.78, 5) is 40.6. The highest BCUT2D eigenvalue weighted by molar-refractivity contribution is 5.81. The zero-order chi connectivity index (χ0) is 17.1. The van der Waals surface area contributed by atoms with Crippen LogP contribution in [-0.2, 0) is 16.1 Å². The normalized spacial score (nSPS) is 15.8. The number of hydrogen-bond acceptors (Lipinski definition) is 4. The topological polar surface area (TPSA) is 84.4 Å². The zero-order valence-corrected chi connectivity index (χ0v) is 13.7. The van der Waals surface area contributed by atoms with E-state index in [9.17, 15) is 14.4 Å². The summed E-state index contributed by atoms with van der Waals surface area (Å²) in [5.41, 5.74) is -0.517. The van der Waals surface area contributed by atoms with Crippen LogP contribution >= 0.6 is 0 Å². The second-order valence-corrected chi connectivity index (χ2v) is 5.90. The van der Waals surface area contributed by atoms with E-state index in [1.54, 1.807) is 29.2 Å². The summed E-state index contributed by atoms with van der Waals surface area (Å²) >= 11 is 0. The molecule has 1 aliphatic heterocycles. The molecule has 2 heterocycles. The van der Waals surface area contributed by atoms with Crippen LogP contribution in [0.4, 0.5) is 0 Å². The Balaban J connectivity index is 1.80. The summed E-state index contributed by atoms with van der Waals surface area (Å²) in [5, 5.41) is 0.403. The average Bonchev–Trinajstić information content (AvgIpc) is 2.59. The number of aromatic nitrogens is 2. The SMILES string of the molecule is CCOC1CCN(C(=O)Cn2c(=O)[nH]c(=O)c3ccccc32)CC1. The van der Waals surface area contributed by atoms with Crippen LogP contribution < -0.4 is 11.2 Å². The van der Waals surface area contributed by atoms with Gasteiger partial charge in [0.25, 0.3) is 5.56 Å². The molecule has 7 nitrogen and oxygen atoms in total. The number of carbonyl (C=O) groups is 1. The first kappa shape index (κ1) is 16.4. The molecule has 1 aromatic carbocycles. The van der Waals surface area contributed by atoms with E-state index >= 15 is 0 Å². The van der Waals surface area contributed by atoms with E-state index in [0.717, 1.165) is 12.8 Å². The summed E-state index contributed by atoms with van der Waals surface area (Å²) in [7, 11) is 0. The minimum Gasteiger partial charge on any atom is -0.378 e. The number of rotatable bonds is 4. The third-order valence-electron chi connectivity index (χ3n) is 4.40. The molecule has 2 aromatic rings. The number of carbonyl (C=O) groups excluding carboxylic acids is 1. The van der Waals surface area contributed by atoms with Crippen molar-refractivity contribution in [3.63, 3.8) is 0 Å². The van der Waals surface area contributed by atoms with Crippen molar-refractivity contribution in [2.45, 2.75) is 32.4 Å². The monoisotopic (exact) mass is 331 g/mol. The van der Waals surface area contributed by atoms with E-state index < -0.39 is 11.2 Å². The Morgan fingerprint density at radius 2 is 1.96 bits per heavy atom. The molecule has 0 saturated carbocycles. The largest absolute Gasteiger partial charge is 0.378 e. The third-order valence-corrected chi connectivity index (χ3v) is 4.40. The molecule has 24 heavy (non-hydrogen) atoms. The molecule has 1 saturated heterocycles. The van der Waals surface area contributed by atoms with Crippen molar-refractivity contribution in [3.05, 3.63) is 45.1 Å². The van der Waals surface area contributed by atoms with Gasteiger partial charge in [0, 0.05) is 19.7 Å². The lowest BCUT2D eigenvalue weighted by Crippen LogP contribution is -2.44. The van der Waals surface area contributed by atoms with Gasteiger partial charge in [-0.2, -0.15) is 0 Å². The van der Waals surface area contributed by atoms with E-state index in [2.05, 4.69) is 4.98 Å². The number of benzene rings is 1. The van der Waals surface area contributed by atoms with Gasteiger partial charge in [-0.25, -0.2) is 4.79 Å². The highest BCUT2D eigenvalue weighted by atomic mass is 16.5. The number of nitrogens with one attached hydrogen (secondary N) is 1. The number of ether oxygens (including phenoxy) is 1. The fourth-order valence-corrected chi connectivity index (χ4v) is 3.14. The molecule has 0 spiro atoms. The van der Waals surface area contributed by atoms with E-state index in [1.807, 2.05) is 6.92 Å². The van der Waals surface area contributed by atoms with E-state index in [-0.39, 0.29) is 18.6 Å². The lowest BCUT2D eigenvalue weighted by molar-refractivity contribution is -0.134. The fraction of sp³-hybridized carbons (Fsp3) is 0.471. The van der Waals surface area contributed by atoms with Gasteiger partial charge >= 0.3 is 5.69 Å². The lowest BCUT2D eigenvalue weighted by atomic mass is 10.1. The van der Waals surface area contributed by atoms with Crippen LogP contribution in [0.2, 0.25) is 0 Å². The fourth-order valence-electron chi connectivity index (χ4n) is 3.14. The molecule has 3 rings (SSSR count). The van der Waals surface area contributed by atoms with Crippen LogP contribution in [0.25, 0.3) is 10.9 Å². The minimum absolute atomic E-state index is 0.0740. The van der Waals surface area contributed by atoms with Crippen molar-refractivity contribution in [1.29, 1.82) is 0 Å². The van der Waals surface area contributed by atoms with Crippen molar-refractivity contribution in [2.24, 2.45) is 0 Å². The molecule has 0 bridgehead atoms. The van der Waals surface area contributed by atoms with Crippen LogP contribution in [0.15, 0.2) is 33.9 Å². The number of H-pyrrole nitrogens is 1. The number of piperidine rings is 1. The molecule has 0 unspecified atom stereocenters. The highest BCUT2D eigenvalue weighted by Gasteiger charge is 2.23. The molecular formula is C17H21N3O4. The van der Waals surface area contributed by atoms with E-state index in [4.69, 9.17) is 4.74 Å². The number of nitrogens with zero attached hydrogens (tertiary/aromatic N) is 2. The van der Waals surface area contributed by atoms with Crippen LogP contribution in [0.3, 0.4) is 0 Å². The first-order valence-electron chi connectivity index (χ1n) is 8.21. The molecule has 1 amide bonds. The maximum Gasteiger partial charge on any atom is 0.329 e. The molecule has 1 aliphatic rings. The summed E-state index contributed by atoms with van der Waals surface area (Å²) in [6.45, 7) is 3.82. The first-order valence-corrected chi connectivity index (χ1v) is 8.21. The van der Waals surface area contributed by atoms with Crippen molar-refractivity contribution in [1.82, 2.24) is 14.5 Å². The summed E-state index contributed by atoms with van der Waals surface area (Å²) in [6, 6.07) is 6.80. The van der Waals surface area contributed by atoms with Gasteiger partial charge in [0.2, 0.25) is 5.91 Å². The Morgan fingerprint density at radius 3 is 2.67 bits per heavy atom. The first-order chi connectivity index (χ1) is 11.6. The Hall–Kier alpha value is -2.41. The van der Waals surface area contributed by atoms with Crippen molar-refractivity contribution in [3.8, 4) is 0 Å². The number of para-hydroxylation sites is 1. The predicted molar refractivity (Wildman–Crippen MR) is 90.1 cm³/mol. The van der Waals surface area contributed by atoms with Crippen LogP contribution in [0.1, 0.15) is 19.8 Å². The van der Waals surface area contributed by atoms with Gasteiger partial charge in [-0.05, 0) is 31.9 Å². The van der Waals surface area contributed by atoms with Crippen LogP contribution in [0.5, 0.6) is 0 Å². The molecule has 0 radical (unpaired) electrons. The van der Waals surface area contributed by atoms with Crippen molar-refractivity contribution < 1.29 is 9.53 Å². The lowest BCUT2D eigenvalue weighted by Gasteiger charge is -2.32. The number of amides is 1. The number of hydrogen-bond donors (Lipinski definition) is 1. The predicted octanol–water partition coefficient (Wildman–Crippen LogP) is 0.717. The Morgan fingerprint density at radius 1 is 1.25 bits per heavy atom. The van der Waals surface area contributed by atoms with Gasteiger partial charge in [0.05, 0.1) is 17.0 Å². The van der Waals surface area contributed by atoms with Gasteiger partial charge < -0.3 is 9.64 Å². The third kappa shape index (κ3) is 3.26. The van der Waals surface area contributed by atoms with Crippen molar-refractivity contribution >= 4 is 16.8 Å². The maximum atomic E-state index is 12.5. The summed E-state index contributed by atoms with van der Waals surface area (Å²) in [5.74, 6) is -0.121. The van der Waals surface area contributed by atoms with E-state index in [0.29, 0.717) is 30.6 Å². The number of aromatic amines is 1. The number of fused-ring (bicyclic) bond motifs is 1.